The Morgan fingerprint density at radius 1 is 0.800 bits per heavy atom. The molecule has 8 nitrogen and oxygen atoms in total. The van der Waals surface area contributed by atoms with Crippen molar-refractivity contribution >= 4 is 17.1 Å². The number of rotatable bonds is 5. The van der Waals surface area contributed by atoms with Crippen molar-refractivity contribution < 1.29 is 9.85 Å². The van der Waals surface area contributed by atoms with Gasteiger partial charge in [-0.2, -0.15) is 0 Å². The van der Waals surface area contributed by atoms with Gasteiger partial charge < -0.3 is 4.90 Å². The van der Waals surface area contributed by atoms with Crippen molar-refractivity contribution in [2.45, 2.75) is 6.54 Å². The van der Waals surface area contributed by atoms with E-state index in [-0.39, 0.29) is 17.1 Å². The number of para-hydroxylation sites is 1. The number of nitrogens with zero attached hydrogens (tertiary/aromatic N) is 4. The maximum atomic E-state index is 11.3. The molecule has 0 spiro atoms. The Hall–Kier alpha value is -3.00. The number of nitro benzene ring substituents is 2. The van der Waals surface area contributed by atoms with Gasteiger partial charge in [0.2, 0.25) is 0 Å². The second kappa shape index (κ2) is 7.27. The van der Waals surface area contributed by atoms with E-state index in [1.807, 2.05) is 18.2 Å². The van der Waals surface area contributed by atoms with Crippen LogP contribution in [0.15, 0.2) is 48.5 Å². The summed E-state index contributed by atoms with van der Waals surface area (Å²) in [6, 6.07) is 14.0. The van der Waals surface area contributed by atoms with Gasteiger partial charge in [-0.15, -0.1) is 0 Å². The molecule has 8 heteroatoms. The average Bonchev–Trinajstić information content (AvgIpc) is 2.62. The van der Waals surface area contributed by atoms with Crippen LogP contribution < -0.4 is 4.90 Å². The zero-order chi connectivity index (χ0) is 17.8. The third-order valence-electron chi connectivity index (χ3n) is 4.32. The number of hydrogen-bond donors (Lipinski definition) is 0. The van der Waals surface area contributed by atoms with Crippen molar-refractivity contribution in [1.29, 1.82) is 0 Å². The van der Waals surface area contributed by atoms with Gasteiger partial charge in [-0.25, -0.2) is 0 Å². The molecule has 1 saturated heterocycles. The number of nitro groups is 2. The molecule has 2 aromatic carbocycles. The molecule has 0 radical (unpaired) electrons. The van der Waals surface area contributed by atoms with Gasteiger partial charge in [0.15, 0.2) is 5.69 Å². The van der Waals surface area contributed by atoms with Gasteiger partial charge in [-0.05, 0) is 11.6 Å². The zero-order valence-corrected chi connectivity index (χ0v) is 13.6. The molecule has 1 aliphatic rings. The standard InChI is InChI=1S/C17H18N4O4/c22-20(23)15-7-4-8-16(21(24)25)17(15)19-11-9-18(10-12-19)13-14-5-2-1-3-6-14/h1-8H,9-13H2. The van der Waals surface area contributed by atoms with E-state index in [1.54, 1.807) is 4.90 Å². The number of benzene rings is 2. The highest BCUT2D eigenvalue weighted by molar-refractivity contribution is 5.75. The fraction of sp³-hybridized carbons (Fsp3) is 0.294. The van der Waals surface area contributed by atoms with E-state index in [1.165, 1.54) is 23.8 Å². The fourth-order valence-corrected chi connectivity index (χ4v) is 3.11. The van der Waals surface area contributed by atoms with Gasteiger partial charge in [0.25, 0.3) is 11.4 Å². The van der Waals surface area contributed by atoms with Crippen molar-refractivity contribution in [1.82, 2.24) is 4.90 Å². The van der Waals surface area contributed by atoms with Crippen LogP contribution in [0.25, 0.3) is 0 Å². The summed E-state index contributed by atoms with van der Waals surface area (Å²) >= 11 is 0. The van der Waals surface area contributed by atoms with Crippen molar-refractivity contribution in [3.05, 3.63) is 74.3 Å². The lowest BCUT2D eigenvalue weighted by atomic mass is 10.1. The summed E-state index contributed by atoms with van der Waals surface area (Å²) in [5, 5.41) is 22.6. The molecule has 0 amide bonds. The van der Waals surface area contributed by atoms with Gasteiger partial charge in [-0.1, -0.05) is 30.3 Å². The van der Waals surface area contributed by atoms with Crippen LogP contribution >= 0.6 is 0 Å². The Balaban J connectivity index is 1.76. The summed E-state index contributed by atoms with van der Waals surface area (Å²) in [5.41, 5.74) is 0.876. The smallest absolute Gasteiger partial charge is 0.299 e. The molecule has 1 aliphatic heterocycles. The summed E-state index contributed by atoms with van der Waals surface area (Å²) in [5.74, 6) is 0. The van der Waals surface area contributed by atoms with Crippen LogP contribution in [0, 0.1) is 20.2 Å². The van der Waals surface area contributed by atoms with E-state index < -0.39 is 9.85 Å². The molecule has 0 atom stereocenters. The van der Waals surface area contributed by atoms with E-state index >= 15 is 0 Å². The molecule has 2 aromatic rings. The minimum atomic E-state index is -0.557. The van der Waals surface area contributed by atoms with Gasteiger partial charge >= 0.3 is 0 Å². The molecule has 0 aromatic heterocycles. The monoisotopic (exact) mass is 342 g/mol. The van der Waals surface area contributed by atoms with E-state index in [0.717, 1.165) is 6.54 Å². The molecule has 0 bridgehead atoms. The maximum Gasteiger partial charge on any atom is 0.299 e. The van der Waals surface area contributed by atoms with Crippen LogP contribution in [0.3, 0.4) is 0 Å². The summed E-state index contributed by atoms with van der Waals surface area (Å²) in [6.45, 7) is 3.21. The number of hydrogen-bond acceptors (Lipinski definition) is 6. The zero-order valence-electron chi connectivity index (χ0n) is 13.6. The van der Waals surface area contributed by atoms with Crippen molar-refractivity contribution in [2.24, 2.45) is 0 Å². The van der Waals surface area contributed by atoms with Gasteiger partial charge in [-0.3, -0.25) is 25.1 Å². The first kappa shape index (κ1) is 16.8. The predicted molar refractivity (Wildman–Crippen MR) is 93.7 cm³/mol. The average molecular weight is 342 g/mol. The molecule has 1 fully saturated rings. The highest BCUT2D eigenvalue weighted by Crippen LogP contribution is 2.37. The Labute approximate surface area is 144 Å². The quantitative estimate of drug-likeness (QED) is 0.613. The normalized spacial score (nSPS) is 15.1. The lowest BCUT2D eigenvalue weighted by molar-refractivity contribution is -0.392. The maximum absolute atomic E-state index is 11.3. The van der Waals surface area contributed by atoms with Crippen LogP contribution in [-0.4, -0.2) is 40.9 Å². The van der Waals surface area contributed by atoms with Crippen LogP contribution in [0.1, 0.15) is 5.56 Å². The second-order valence-corrected chi connectivity index (χ2v) is 5.91. The molecule has 0 saturated carbocycles. The third-order valence-corrected chi connectivity index (χ3v) is 4.32. The lowest BCUT2D eigenvalue weighted by Crippen LogP contribution is -2.46. The van der Waals surface area contributed by atoms with Crippen LogP contribution in [-0.2, 0) is 6.54 Å². The fourth-order valence-electron chi connectivity index (χ4n) is 3.11. The summed E-state index contributed by atoms with van der Waals surface area (Å²) in [7, 11) is 0. The van der Waals surface area contributed by atoms with Gasteiger partial charge in [0.05, 0.1) is 9.85 Å². The minimum absolute atomic E-state index is 0.108. The molecular formula is C17H18N4O4. The highest BCUT2D eigenvalue weighted by atomic mass is 16.6. The van der Waals surface area contributed by atoms with Crippen LogP contribution in [0.4, 0.5) is 17.1 Å². The molecule has 0 aliphatic carbocycles. The summed E-state index contributed by atoms with van der Waals surface area (Å²) in [4.78, 5) is 25.5. The first-order valence-electron chi connectivity index (χ1n) is 7.99. The first-order valence-corrected chi connectivity index (χ1v) is 7.99. The Morgan fingerprint density at radius 3 is 1.88 bits per heavy atom. The molecule has 0 unspecified atom stereocenters. The van der Waals surface area contributed by atoms with E-state index in [9.17, 15) is 20.2 Å². The molecule has 25 heavy (non-hydrogen) atoms. The predicted octanol–water partition coefficient (Wildman–Crippen LogP) is 2.83. The number of piperazine rings is 1. The van der Waals surface area contributed by atoms with Gasteiger partial charge in [0.1, 0.15) is 0 Å². The first-order chi connectivity index (χ1) is 12.1. The minimum Gasteiger partial charge on any atom is -0.358 e. The molecular weight excluding hydrogens is 324 g/mol. The molecule has 1 heterocycles. The van der Waals surface area contributed by atoms with E-state index in [4.69, 9.17) is 0 Å². The van der Waals surface area contributed by atoms with Crippen LogP contribution in [0.5, 0.6) is 0 Å². The lowest BCUT2D eigenvalue weighted by Gasteiger charge is -2.35. The van der Waals surface area contributed by atoms with Crippen molar-refractivity contribution in [2.75, 3.05) is 31.1 Å². The largest absolute Gasteiger partial charge is 0.358 e. The Morgan fingerprint density at radius 2 is 1.36 bits per heavy atom. The SMILES string of the molecule is O=[N+]([O-])c1cccc([N+](=O)[O-])c1N1CCN(Cc2ccccc2)CC1. The van der Waals surface area contributed by atoms with E-state index in [0.29, 0.717) is 26.2 Å². The molecule has 130 valence electrons. The van der Waals surface area contributed by atoms with Gasteiger partial charge in [0, 0.05) is 44.9 Å². The van der Waals surface area contributed by atoms with Crippen molar-refractivity contribution in [3.63, 3.8) is 0 Å². The number of anilines is 1. The Kier molecular flexibility index (Phi) is 4.90. The molecule has 3 rings (SSSR count). The summed E-state index contributed by atoms with van der Waals surface area (Å²) in [6.07, 6.45) is 0. The topological polar surface area (TPSA) is 92.8 Å². The second-order valence-electron chi connectivity index (χ2n) is 5.91. The molecule has 0 N–H and O–H groups in total. The highest BCUT2D eigenvalue weighted by Gasteiger charge is 2.31. The van der Waals surface area contributed by atoms with Crippen molar-refractivity contribution in [3.8, 4) is 0 Å². The Bertz CT molecular complexity index is 741. The third kappa shape index (κ3) is 3.74. The summed E-state index contributed by atoms with van der Waals surface area (Å²) < 4.78 is 0. The van der Waals surface area contributed by atoms with E-state index in [2.05, 4.69) is 17.0 Å². The van der Waals surface area contributed by atoms with Crippen LogP contribution in [0.2, 0.25) is 0 Å².